The Morgan fingerprint density at radius 1 is 1.11 bits per heavy atom. The number of rotatable bonds is 11. The van der Waals surface area contributed by atoms with Gasteiger partial charge in [0, 0.05) is 19.2 Å². The second-order valence-electron chi connectivity index (χ2n) is 8.64. The first-order valence-corrected chi connectivity index (χ1v) is 13.4. The van der Waals surface area contributed by atoms with E-state index in [0.717, 1.165) is 34.5 Å². The summed E-state index contributed by atoms with van der Waals surface area (Å²) in [6, 6.07) is 11.6. The van der Waals surface area contributed by atoms with Crippen molar-refractivity contribution in [2.45, 2.75) is 46.2 Å². The lowest BCUT2D eigenvalue weighted by molar-refractivity contribution is -0.139. The molecule has 0 fully saturated rings. The minimum Gasteiger partial charge on any atom is -0.454 e. The average molecular weight is 504 g/mol. The molecule has 190 valence electrons. The summed E-state index contributed by atoms with van der Waals surface area (Å²) >= 11 is 0. The van der Waals surface area contributed by atoms with Crippen molar-refractivity contribution in [2.75, 3.05) is 30.4 Å². The molecule has 0 radical (unpaired) electrons. The van der Waals surface area contributed by atoms with Gasteiger partial charge in [-0.3, -0.25) is 13.9 Å². The van der Waals surface area contributed by atoms with Gasteiger partial charge in [-0.05, 0) is 38.0 Å². The van der Waals surface area contributed by atoms with E-state index in [1.54, 1.807) is 19.1 Å². The number of hydrogen-bond acceptors (Lipinski definition) is 6. The number of carbonyl (C=O) groups is 2. The maximum Gasteiger partial charge on any atom is 0.244 e. The Hall–Kier alpha value is -3.27. The van der Waals surface area contributed by atoms with E-state index in [9.17, 15) is 18.0 Å². The normalized spacial score (nSPS) is 13.3. The second kappa shape index (κ2) is 11.4. The van der Waals surface area contributed by atoms with Gasteiger partial charge in [0.15, 0.2) is 11.5 Å². The fourth-order valence-corrected chi connectivity index (χ4v) is 4.62. The first kappa shape index (κ1) is 26.3. The molecule has 1 atom stereocenters. The quantitative estimate of drug-likeness (QED) is 0.473. The lowest BCUT2D eigenvalue weighted by Crippen LogP contribution is -2.51. The van der Waals surface area contributed by atoms with Gasteiger partial charge < -0.3 is 19.7 Å². The number of amides is 2. The Balaban J connectivity index is 1.88. The van der Waals surface area contributed by atoms with Crippen LogP contribution in [-0.2, 0) is 26.2 Å². The molecule has 0 bridgehead atoms. The molecule has 2 aromatic carbocycles. The van der Waals surface area contributed by atoms with Crippen molar-refractivity contribution in [3.63, 3.8) is 0 Å². The van der Waals surface area contributed by atoms with E-state index in [1.807, 2.05) is 38.1 Å². The van der Waals surface area contributed by atoms with Gasteiger partial charge in [0.1, 0.15) is 12.6 Å². The number of aryl methyl sites for hydroxylation is 1. The van der Waals surface area contributed by atoms with E-state index in [2.05, 4.69) is 5.32 Å². The molecular formula is C25H33N3O6S. The fourth-order valence-electron chi connectivity index (χ4n) is 3.78. The second-order valence-corrected chi connectivity index (χ2v) is 10.5. The fraction of sp³-hybridized carbons (Fsp3) is 0.440. The number of ether oxygens (including phenoxy) is 2. The Labute approximate surface area is 207 Å². The van der Waals surface area contributed by atoms with Gasteiger partial charge in [-0.25, -0.2) is 8.42 Å². The molecule has 0 saturated heterocycles. The van der Waals surface area contributed by atoms with E-state index in [-0.39, 0.29) is 24.9 Å². The SMILES string of the molecule is CCCCNC(=O)[C@H](C)N(Cc1cccc(C)c1)C(=O)CN(c1ccc2c(c1)OCO2)S(C)(=O)=O. The number of sulfonamides is 1. The first-order valence-electron chi connectivity index (χ1n) is 11.6. The lowest BCUT2D eigenvalue weighted by atomic mass is 10.1. The van der Waals surface area contributed by atoms with Gasteiger partial charge in [-0.15, -0.1) is 0 Å². The molecule has 0 spiro atoms. The third-order valence-corrected chi connectivity index (χ3v) is 6.90. The number of fused-ring (bicyclic) bond motifs is 1. The molecule has 3 rings (SSSR count). The van der Waals surface area contributed by atoms with Crippen molar-refractivity contribution in [1.29, 1.82) is 0 Å². The van der Waals surface area contributed by atoms with E-state index >= 15 is 0 Å². The number of carbonyl (C=O) groups excluding carboxylic acids is 2. The van der Waals surface area contributed by atoms with Crippen molar-refractivity contribution in [3.8, 4) is 11.5 Å². The van der Waals surface area contributed by atoms with Crippen LogP contribution in [0.5, 0.6) is 11.5 Å². The van der Waals surface area contributed by atoms with Crippen LogP contribution >= 0.6 is 0 Å². The summed E-state index contributed by atoms with van der Waals surface area (Å²) < 4.78 is 37.0. The molecule has 1 N–H and O–H groups in total. The van der Waals surface area contributed by atoms with Gasteiger partial charge in [0.25, 0.3) is 0 Å². The van der Waals surface area contributed by atoms with Gasteiger partial charge >= 0.3 is 0 Å². The van der Waals surface area contributed by atoms with Gasteiger partial charge in [0.2, 0.25) is 28.6 Å². The van der Waals surface area contributed by atoms with Crippen LogP contribution < -0.4 is 19.1 Å². The number of nitrogens with zero attached hydrogens (tertiary/aromatic N) is 2. The summed E-state index contributed by atoms with van der Waals surface area (Å²) in [5.74, 6) is 0.136. The van der Waals surface area contributed by atoms with Crippen LogP contribution in [0.15, 0.2) is 42.5 Å². The van der Waals surface area contributed by atoms with Crippen LogP contribution in [0.1, 0.15) is 37.8 Å². The number of hydrogen-bond donors (Lipinski definition) is 1. The highest BCUT2D eigenvalue weighted by atomic mass is 32.2. The number of nitrogens with one attached hydrogen (secondary N) is 1. The number of unbranched alkanes of at least 4 members (excludes halogenated alkanes) is 1. The molecule has 0 aromatic heterocycles. The Morgan fingerprint density at radius 3 is 2.54 bits per heavy atom. The molecule has 0 saturated carbocycles. The summed E-state index contributed by atoms with van der Waals surface area (Å²) in [5.41, 5.74) is 2.15. The summed E-state index contributed by atoms with van der Waals surface area (Å²) in [7, 11) is -3.82. The molecule has 1 heterocycles. The van der Waals surface area contributed by atoms with E-state index in [4.69, 9.17) is 9.47 Å². The van der Waals surface area contributed by atoms with Crippen LogP contribution in [0.2, 0.25) is 0 Å². The highest BCUT2D eigenvalue weighted by Gasteiger charge is 2.30. The van der Waals surface area contributed by atoms with E-state index in [1.165, 1.54) is 11.0 Å². The number of benzene rings is 2. The van der Waals surface area contributed by atoms with E-state index < -0.39 is 28.5 Å². The first-order chi connectivity index (χ1) is 16.6. The average Bonchev–Trinajstić information content (AvgIpc) is 3.27. The van der Waals surface area contributed by atoms with Crippen molar-refractivity contribution in [3.05, 3.63) is 53.6 Å². The zero-order chi connectivity index (χ0) is 25.6. The Bertz CT molecular complexity index is 1170. The monoisotopic (exact) mass is 503 g/mol. The smallest absolute Gasteiger partial charge is 0.244 e. The van der Waals surface area contributed by atoms with Crippen molar-refractivity contribution < 1.29 is 27.5 Å². The minimum atomic E-state index is -3.82. The number of anilines is 1. The van der Waals surface area contributed by atoms with Crippen LogP contribution in [-0.4, -0.2) is 57.3 Å². The predicted octanol–water partition coefficient (Wildman–Crippen LogP) is 2.82. The molecular weight excluding hydrogens is 470 g/mol. The zero-order valence-electron chi connectivity index (χ0n) is 20.6. The highest BCUT2D eigenvalue weighted by molar-refractivity contribution is 7.92. The van der Waals surface area contributed by atoms with E-state index in [0.29, 0.717) is 18.0 Å². The maximum absolute atomic E-state index is 13.6. The summed E-state index contributed by atoms with van der Waals surface area (Å²) in [6.45, 7) is 5.89. The van der Waals surface area contributed by atoms with Gasteiger partial charge in [-0.2, -0.15) is 0 Å². The predicted molar refractivity (Wildman–Crippen MR) is 134 cm³/mol. The van der Waals surface area contributed by atoms with Crippen LogP contribution in [0.25, 0.3) is 0 Å². The Kier molecular flexibility index (Phi) is 8.61. The van der Waals surface area contributed by atoms with Crippen LogP contribution in [0.3, 0.4) is 0 Å². The molecule has 0 unspecified atom stereocenters. The van der Waals surface area contributed by atoms with Crippen molar-refractivity contribution in [1.82, 2.24) is 10.2 Å². The zero-order valence-corrected chi connectivity index (χ0v) is 21.4. The van der Waals surface area contributed by atoms with Gasteiger partial charge in [-0.1, -0.05) is 43.2 Å². The molecule has 1 aliphatic rings. The van der Waals surface area contributed by atoms with Crippen molar-refractivity contribution in [2.24, 2.45) is 0 Å². The third-order valence-electron chi connectivity index (χ3n) is 5.76. The molecule has 1 aliphatic heterocycles. The Morgan fingerprint density at radius 2 is 1.86 bits per heavy atom. The van der Waals surface area contributed by atoms with Crippen molar-refractivity contribution >= 4 is 27.5 Å². The largest absolute Gasteiger partial charge is 0.454 e. The molecule has 2 aromatic rings. The summed E-state index contributed by atoms with van der Waals surface area (Å²) in [6.07, 6.45) is 2.80. The summed E-state index contributed by atoms with van der Waals surface area (Å²) in [5, 5.41) is 2.86. The summed E-state index contributed by atoms with van der Waals surface area (Å²) in [4.78, 5) is 27.8. The highest BCUT2D eigenvalue weighted by Crippen LogP contribution is 2.36. The maximum atomic E-state index is 13.6. The topological polar surface area (TPSA) is 105 Å². The van der Waals surface area contributed by atoms with Crippen LogP contribution in [0, 0.1) is 6.92 Å². The third kappa shape index (κ3) is 6.88. The standard InChI is InChI=1S/C25H33N3O6S/c1-5-6-12-26-25(30)19(3)27(15-20-9-7-8-18(2)13-20)24(29)16-28(35(4,31)32)21-10-11-22-23(14-21)34-17-33-22/h7-11,13-14,19H,5-6,12,15-17H2,1-4H3,(H,26,30)/t19-/m0/s1. The minimum absolute atomic E-state index is 0.0471. The molecule has 10 heteroatoms. The van der Waals surface area contributed by atoms with Crippen LogP contribution in [0.4, 0.5) is 5.69 Å². The molecule has 2 amide bonds. The molecule has 35 heavy (non-hydrogen) atoms. The lowest BCUT2D eigenvalue weighted by Gasteiger charge is -2.31. The molecule has 9 nitrogen and oxygen atoms in total. The molecule has 0 aliphatic carbocycles. The van der Waals surface area contributed by atoms with Gasteiger partial charge in [0.05, 0.1) is 11.9 Å².